The zero-order valence-electron chi connectivity index (χ0n) is 18.9. The van der Waals surface area contributed by atoms with Crippen LogP contribution in [0.15, 0.2) is 78.0 Å². The molecule has 6 nitrogen and oxygen atoms in total. The molecule has 0 radical (unpaired) electrons. The predicted octanol–water partition coefficient (Wildman–Crippen LogP) is 5.23. The molecule has 176 valence electrons. The summed E-state index contributed by atoms with van der Waals surface area (Å²) in [5.41, 5.74) is 3.71. The van der Waals surface area contributed by atoms with Gasteiger partial charge in [-0.25, -0.2) is 18.3 Å². The second-order valence-electron chi connectivity index (χ2n) is 8.31. The Morgan fingerprint density at radius 2 is 1.66 bits per heavy atom. The SMILES string of the molecule is Cc1nc(C(C)(F)F)ccc1Cn1nc2c(-c3ccncc3)c(-c3ccc(F)cc3)ccn2c1=O. The van der Waals surface area contributed by atoms with Crippen LogP contribution in [0.25, 0.3) is 27.9 Å². The molecule has 5 rings (SSSR count). The van der Waals surface area contributed by atoms with Gasteiger partial charge in [-0.15, -0.1) is 5.10 Å². The molecule has 0 spiro atoms. The van der Waals surface area contributed by atoms with Gasteiger partial charge in [0.2, 0.25) is 0 Å². The van der Waals surface area contributed by atoms with Crippen molar-refractivity contribution in [2.45, 2.75) is 26.3 Å². The van der Waals surface area contributed by atoms with Crippen molar-refractivity contribution in [1.82, 2.24) is 24.1 Å². The summed E-state index contributed by atoms with van der Waals surface area (Å²) in [6.45, 7) is 2.48. The first-order chi connectivity index (χ1) is 16.7. The van der Waals surface area contributed by atoms with E-state index >= 15 is 0 Å². The van der Waals surface area contributed by atoms with Gasteiger partial charge in [0.25, 0.3) is 5.92 Å². The van der Waals surface area contributed by atoms with Gasteiger partial charge >= 0.3 is 5.69 Å². The number of pyridine rings is 3. The highest BCUT2D eigenvalue weighted by atomic mass is 19.3. The van der Waals surface area contributed by atoms with Gasteiger partial charge in [-0.2, -0.15) is 8.78 Å². The van der Waals surface area contributed by atoms with Crippen molar-refractivity contribution in [3.8, 4) is 22.3 Å². The van der Waals surface area contributed by atoms with Gasteiger partial charge in [0.05, 0.1) is 6.54 Å². The fourth-order valence-corrected chi connectivity index (χ4v) is 4.02. The summed E-state index contributed by atoms with van der Waals surface area (Å²) in [5, 5.41) is 4.60. The highest BCUT2D eigenvalue weighted by Crippen LogP contribution is 2.34. The number of aromatic nitrogens is 5. The fourth-order valence-electron chi connectivity index (χ4n) is 4.02. The molecular formula is C26H20F3N5O. The van der Waals surface area contributed by atoms with Crippen LogP contribution in [0.4, 0.5) is 13.2 Å². The Kier molecular flexibility index (Phi) is 5.47. The lowest BCUT2D eigenvalue weighted by Gasteiger charge is -2.12. The molecule has 0 aliphatic rings. The van der Waals surface area contributed by atoms with Gasteiger partial charge in [0.15, 0.2) is 5.65 Å². The van der Waals surface area contributed by atoms with E-state index in [2.05, 4.69) is 15.1 Å². The molecule has 0 saturated heterocycles. The molecule has 35 heavy (non-hydrogen) atoms. The summed E-state index contributed by atoms with van der Waals surface area (Å²) in [7, 11) is 0. The molecule has 1 aromatic carbocycles. The molecule has 0 fully saturated rings. The predicted molar refractivity (Wildman–Crippen MR) is 126 cm³/mol. The molecule has 4 aromatic heterocycles. The van der Waals surface area contributed by atoms with E-state index in [4.69, 9.17) is 0 Å². The van der Waals surface area contributed by atoms with Crippen LogP contribution in [-0.4, -0.2) is 24.1 Å². The summed E-state index contributed by atoms with van der Waals surface area (Å²) in [4.78, 5) is 21.3. The average Bonchev–Trinajstić information content (AvgIpc) is 3.15. The molecule has 0 amide bonds. The maximum atomic E-state index is 13.6. The first-order valence-corrected chi connectivity index (χ1v) is 10.9. The van der Waals surface area contributed by atoms with Gasteiger partial charge in [0.1, 0.15) is 11.5 Å². The number of nitrogens with zero attached hydrogens (tertiary/aromatic N) is 5. The fraction of sp³-hybridized carbons (Fsp3) is 0.154. The van der Waals surface area contributed by atoms with E-state index in [1.165, 1.54) is 27.3 Å². The second kappa shape index (κ2) is 8.50. The number of halogens is 3. The van der Waals surface area contributed by atoms with Crippen molar-refractivity contribution < 1.29 is 13.2 Å². The molecule has 5 aromatic rings. The Balaban J connectivity index is 1.67. The van der Waals surface area contributed by atoms with Crippen molar-refractivity contribution in [1.29, 1.82) is 0 Å². The molecule has 0 N–H and O–H groups in total. The minimum Gasteiger partial charge on any atom is -0.265 e. The van der Waals surface area contributed by atoms with Gasteiger partial charge in [0, 0.05) is 36.8 Å². The smallest absolute Gasteiger partial charge is 0.265 e. The van der Waals surface area contributed by atoms with Gasteiger partial charge in [-0.3, -0.25) is 9.97 Å². The van der Waals surface area contributed by atoms with Crippen LogP contribution in [0.3, 0.4) is 0 Å². The lowest BCUT2D eigenvalue weighted by atomic mass is 9.96. The maximum absolute atomic E-state index is 13.6. The van der Waals surface area contributed by atoms with Gasteiger partial charge in [-0.05, 0) is 65.6 Å². The number of aryl methyl sites for hydroxylation is 1. The Bertz CT molecular complexity index is 1590. The lowest BCUT2D eigenvalue weighted by molar-refractivity contribution is 0.0126. The van der Waals surface area contributed by atoms with Crippen molar-refractivity contribution in [2.75, 3.05) is 0 Å². The van der Waals surface area contributed by atoms with Crippen LogP contribution in [0, 0.1) is 12.7 Å². The number of hydrogen-bond acceptors (Lipinski definition) is 4. The lowest BCUT2D eigenvalue weighted by Crippen LogP contribution is -2.22. The average molecular weight is 475 g/mol. The Morgan fingerprint density at radius 1 is 0.943 bits per heavy atom. The molecule has 0 saturated carbocycles. The molecule has 0 bridgehead atoms. The minimum absolute atomic E-state index is 0.0661. The summed E-state index contributed by atoms with van der Waals surface area (Å²) < 4.78 is 43.5. The molecule has 0 aliphatic heterocycles. The molecular weight excluding hydrogens is 455 g/mol. The third kappa shape index (κ3) is 4.21. The number of hydrogen-bond donors (Lipinski definition) is 0. The number of benzene rings is 1. The first-order valence-electron chi connectivity index (χ1n) is 10.9. The van der Waals surface area contributed by atoms with E-state index in [-0.39, 0.29) is 23.7 Å². The second-order valence-corrected chi connectivity index (χ2v) is 8.31. The van der Waals surface area contributed by atoms with E-state index in [0.717, 1.165) is 23.6 Å². The van der Waals surface area contributed by atoms with Gasteiger partial charge < -0.3 is 0 Å². The van der Waals surface area contributed by atoms with E-state index in [0.29, 0.717) is 22.5 Å². The van der Waals surface area contributed by atoms with Gasteiger partial charge in [-0.1, -0.05) is 18.2 Å². The standard InChI is InChI=1S/C26H20F3N5O/c1-16-19(5-8-22(31-16)26(2,28)29)15-34-25(35)33-14-11-21(17-3-6-20(27)7-4-17)23(24(33)32-34)18-9-12-30-13-10-18/h3-14H,15H2,1-2H3. The van der Waals surface area contributed by atoms with E-state index in [1.807, 2.05) is 12.1 Å². The van der Waals surface area contributed by atoms with E-state index < -0.39 is 5.92 Å². The third-order valence-electron chi connectivity index (χ3n) is 5.84. The Labute approximate surface area is 198 Å². The molecule has 9 heteroatoms. The first kappa shape index (κ1) is 22.5. The van der Waals surface area contributed by atoms with Crippen LogP contribution >= 0.6 is 0 Å². The summed E-state index contributed by atoms with van der Waals surface area (Å²) in [5.74, 6) is -3.41. The minimum atomic E-state index is -3.06. The Hall–Kier alpha value is -4.27. The third-order valence-corrected chi connectivity index (χ3v) is 5.84. The number of alkyl halides is 2. The van der Waals surface area contributed by atoms with Crippen LogP contribution in [0.1, 0.15) is 23.9 Å². The monoisotopic (exact) mass is 475 g/mol. The highest BCUT2D eigenvalue weighted by Gasteiger charge is 2.26. The normalized spacial score (nSPS) is 11.8. The van der Waals surface area contributed by atoms with Crippen LogP contribution in [0.5, 0.6) is 0 Å². The zero-order chi connectivity index (χ0) is 24.7. The Morgan fingerprint density at radius 3 is 2.31 bits per heavy atom. The zero-order valence-corrected chi connectivity index (χ0v) is 18.9. The van der Waals surface area contributed by atoms with Crippen LogP contribution < -0.4 is 5.69 Å². The largest absolute Gasteiger partial charge is 0.350 e. The van der Waals surface area contributed by atoms with Crippen molar-refractivity contribution in [3.05, 3.63) is 106 Å². The van der Waals surface area contributed by atoms with Crippen molar-refractivity contribution in [2.24, 2.45) is 0 Å². The summed E-state index contributed by atoms with van der Waals surface area (Å²) in [6.07, 6.45) is 4.90. The quantitative estimate of drug-likeness (QED) is 0.349. The summed E-state index contributed by atoms with van der Waals surface area (Å²) >= 11 is 0. The van der Waals surface area contributed by atoms with Crippen molar-refractivity contribution >= 4 is 5.65 Å². The maximum Gasteiger partial charge on any atom is 0.350 e. The molecule has 0 atom stereocenters. The molecule has 0 aliphatic carbocycles. The van der Waals surface area contributed by atoms with Crippen molar-refractivity contribution in [3.63, 3.8) is 0 Å². The molecule has 4 heterocycles. The topological polar surface area (TPSA) is 65.1 Å². The number of rotatable bonds is 5. The summed E-state index contributed by atoms with van der Waals surface area (Å²) in [6, 6.07) is 14.3. The van der Waals surface area contributed by atoms with E-state index in [1.54, 1.807) is 49.8 Å². The highest BCUT2D eigenvalue weighted by molar-refractivity contribution is 5.91. The molecule has 0 unspecified atom stereocenters. The van der Waals surface area contributed by atoms with Crippen LogP contribution in [-0.2, 0) is 12.5 Å². The van der Waals surface area contributed by atoms with Crippen LogP contribution in [0.2, 0.25) is 0 Å². The van der Waals surface area contributed by atoms with E-state index in [9.17, 15) is 18.0 Å². The number of fused-ring (bicyclic) bond motifs is 1.